The van der Waals surface area contributed by atoms with Crippen molar-refractivity contribution in [1.82, 2.24) is 29.9 Å². The standard InChI is InChI=1S/C42H39ClF9N7O2S2/c1-5-62-57-39-34-30(43)11-10-28(36(34)58(56-39)19-32(46)47)27-9-6-25(12-13-40(3,4)63(61)26-7-8-26)53-35(27)31(17-22-15-23(44)18-24(45)16-22)54-33(60)20-59-38-29(14-21(2)41(38,48)49)37(55-59)42(50,51)52/h6,9-11,15-16,18,21,26,31-32H,5,7-8,14,17,19-20H2,1-4H3,(H,54,60)(H,56,57)/t21-,31?,63?/m1/s1. The van der Waals surface area contributed by atoms with Gasteiger partial charge in [-0.2, -0.15) is 32.1 Å². The van der Waals surface area contributed by atoms with Gasteiger partial charge in [0.1, 0.15) is 41.4 Å². The highest BCUT2D eigenvalue weighted by Gasteiger charge is 2.54. The largest absolute Gasteiger partial charge is 0.615 e. The van der Waals surface area contributed by atoms with Crippen molar-refractivity contribution in [3.05, 3.63) is 93.0 Å². The van der Waals surface area contributed by atoms with Crippen molar-refractivity contribution < 1.29 is 48.9 Å². The van der Waals surface area contributed by atoms with E-state index in [4.69, 9.17) is 16.6 Å². The normalized spacial score (nSPS) is 17.1. The van der Waals surface area contributed by atoms with E-state index >= 15 is 8.78 Å². The van der Waals surface area contributed by atoms with Crippen LogP contribution in [0.1, 0.15) is 80.5 Å². The summed E-state index contributed by atoms with van der Waals surface area (Å²) in [4.78, 5) is 18.9. The zero-order chi connectivity index (χ0) is 45.8. The topological polar surface area (TPSA) is 113 Å². The number of nitrogens with zero attached hydrogens (tertiary/aromatic N) is 5. The number of carbonyl (C=O) groups excluding carboxylic acids is 1. The van der Waals surface area contributed by atoms with Crippen LogP contribution in [0, 0.1) is 29.4 Å². The average molecular weight is 944 g/mol. The first-order valence-corrected chi connectivity index (χ1v) is 22.3. The SMILES string of the molecule is CCSNc1nn(CC(F)F)c2c(-c3ccc(C#CC(C)(C)[S+]([O-])C4CC4)nc3C(Cc3cc(F)cc(F)c3)NC(=O)Cn3nc(C(F)(F)F)c4c3C(F)(F)[C@H](C)C4)ccc(Cl)c12. The number of aromatic nitrogens is 5. The van der Waals surface area contributed by atoms with Gasteiger partial charge >= 0.3 is 6.18 Å². The van der Waals surface area contributed by atoms with Crippen molar-refractivity contribution in [1.29, 1.82) is 0 Å². The van der Waals surface area contributed by atoms with Crippen LogP contribution in [-0.2, 0) is 54.0 Å². The van der Waals surface area contributed by atoms with Crippen LogP contribution < -0.4 is 10.0 Å². The van der Waals surface area contributed by atoms with Gasteiger partial charge < -0.3 is 14.6 Å². The summed E-state index contributed by atoms with van der Waals surface area (Å²) in [6, 6.07) is 7.07. The first-order chi connectivity index (χ1) is 29.6. The van der Waals surface area contributed by atoms with Crippen molar-refractivity contribution in [2.24, 2.45) is 5.92 Å². The minimum atomic E-state index is -5.12. The number of amides is 1. The number of alkyl halides is 7. The molecule has 1 saturated carbocycles. The van der Waals surface area contributed by atoms with Gasteiger partial charge in [-0.1, -0.05) is 43.5 Å². The van der Waals surface area contributed by atoms with Gasteiger partial charge in [-0.3, -0.25) is 14.2 Å². The minimum Gasteiger partial charge on any atom is -0.615 e. The monoisotopic (exact) mass is 943 g/mol. The highest BCUT2D eigenvalue weighted by Crippen LogP contribution is 2.50. The number of fused-ring (bicyclic) bond motifs is 2. The Bertz CT molecular complexity index is 2600. The van der Waals surface area contributed by atoms with E-state index in [-0.39, 0.29) is 55.1 Å². The molecule has 2 unspecified atom stereocenters. The van der Waals surface area contributed by atoms with Crippen LogP contribution in [0.3, 0.4) is 0 Å². The highest BCUT2D eigenvalue weighted by atomic mass is 35.5. The fourth-order valence-corrected chi connectivity index (χ4v) is 9.82. The molecule has 3 atom stereocenters. The Morgan fingerprint density at radius 1 is 1.06 bits per heavy atom. The number of carbonyl (C=O) groups is 1. The highest BCUT2D eigenvalue weighted by molar-refractivity contribution is 8.00. The van der Waals surface area contributed by atoms with Gasteiger partial charge in [0.15, 0.2) is 16.3 Å². The van der Waals surface area contributed by atoms with Gasteiger partial charge in [0, 0.05) is 34.4 Å². The Hall–Kier alpha value is -4.58. The Labute approximate surface area is 368 Å². The predicted octanol–water partition coefficient (Wildman–Crippen LogP) is 10.0. The summed E-state index contributed by atoms with van der Waals surface area (Å²) in [5.41, 5.74) is -2.95. The van der Waals surface area contributed by atoms with Gasteiger partial charge in [0.05, 0.1) is 27.7 Å². The van der Waals surface area contributed by atoms with Crippen LogP contribution >= 0.6 is 23.5 Å². The third-order valence-corrected chi connectivity index (χ3v) is 13.7. The van der Waals surface area contributed by atoms with Crippen LogP contribution in [0.15, 0.2) is 42.5 Å². The zero-order valence-corrected chi connectivity index (χ0v) is 36.3. The maximum Gasteiger partial charge on any atom is 0.435 e. The quantitative estimate of drug-likeness (QED) is 0.0494. The van der Waals surface area contributed by atoms with Gasteiger partial charge in [0.2, 0.25) is 5.91 Å². The lowest BCUT2D eigenvalue weighted by atomic mass is 9.93. The molecule has 0 bridgehead atoms. The lowest BCUT2D eigenvalue weighted by molar-refractivity contribution is -0.142. The second-order valence-corrected chi connectivity index (χ2v) is 19.6. The number of hydrogen-bond donors (Lipinski definition) is 2. The molecular weight excluding hydrogens is 905 g/mol. The molecule has 0 radical (unpaired) electrons. The number of pyridine rings is 1. The van der Waals surface area contributed by atoms with E-state index in [1.807, 2.05) is 6.92 Å². The fraction of sp³-hybridized carbons (Fsp3) is 0.429. The first-order valence-electron chi connectivity index (χ1n) is 19.7. The lowest BCUT2D eigenvalue weighted by Crippen LogP contribution is -2.35. The molecule has 9 nitrogen and oxygen atoms in total. The molecule has 336 valence electrons. The van der Waals surface area contributed by atoms with E-state index in [1.165, 1.54) is 36.2 Å². The number of hydrogen-bond acceptors (Lipinski definition) is 7. The number of halogens is 10. The summed E-state index contributed by atoms with van der Waals surface area (Å²) in [6.07, 6.45) is -7.55. The molecular formula is C42H39ClF9N7O2S2. The van der Waals surface area contributed by atoms with Crippen molar-refractivity contribution in [3.63, 3.8) is 0 Å². The Morgan fingerprint density at radius 3 is 2.38 bits per heavy atom. The van der Waals surface area contributed by atoms with Crippen molar-refractivity contribution >= 4 is 57.4 Å². The van der Waals surface area contributed by atoms with E-state index in [0.717, 1.165) is 36.6 Å². The van der Waals surface area contributed by atoms with Gasteiger partial charge in [-0.15, -0.1) is 0 Å². The summed E-state index contributed by atoms with van der Waals surface area (Å²) in [7, 11) is 0. The van der Waals surface area contributed by atoms with Crippen molar-refractivity contribution in [3.8, 4) is 23.0 Å². The molecule has 2 aromatic carbocycles. The summed E-state index contributed by atoms with van der Waals surface area (Å²) >= 11 is 6.56. The molecule has 2 N–H and O–H groups in total. The Kier molecular flexibility index (Phi) is 13.1. The van der Waals surface area contributed by atoms with E-state index < -0.39 is 107 Å². The molecule has 2 aliphatic carbocycles. The van der Waals surface area contributed by atoms with Crippen LogP contribution in [0.4, 0.5) is 45.3 Å². The summed E-state index contributed by atoms with van der Waals surface area (Å²) < 4.78 is 147. The minimum absolute atomic E-state index is 0.0293. The summed E-state index contributed by atoms with van der Waals surface area (Å²) in [5.74, 6) is -1.80. The maximum atomic E-state index is 15.5. The molecule has 1 fully saturated rings. The van der Waals surface area contributed by atoms with Gasteiger partial charge in [-0.05, 0) is 98.4 Å². The average Bonchev–Trinajstić information content (AvgIpc) is 3.82. The molecule has 1 amide bonds. The first kappa shape index (κ1) is 46.4. The molecule has 0 spiro atoms. The van der Waals surface area contributed by atoms with Gasteiger partial charge in [-0.25, -0.2) is 22.5 Å². The summed E-state index contributed by atoms with van der Waals surface area (Å²) in [5, 5.41) is 10.8. The Balaban J connectivity index is 1.42. The fourth-order valence-electron chi connectivity index (χ4n) is 7.61. The van der Waals surface area contributed by atoms with E-state index in [1.54, 1.807) is 13.8 Å². The molecule has 3 heterocycles. The van der Waals surface area contributed by atoms with Crippen LogP contribution in [-0.4, -0.2) is 57.2 Å². The number of benzene rings is 2. The molecule has 2 aliphatic rings. The molecule has 5 aromatic rings. The number of anilines is 1. The molecule has 0 aliphatic heterocycles. The molecule has 0 saturated heterocycles. The zero-order valence-electron chi connectivity index (χ0n) is 33.9. The van der Waals surface area contributed by atoms with Crippen molar-refractivity contribution in [2.45, 2.75) is 101 Å². The predicted molar refractivity (Wildman–Crippen MR) is 223 cm³/mol. The smallest absolute Gasteiger partial charge is 0.435 e. The number of rotatable bonds is 14. The molecule has 63 heavy (non-hydrogen) atoms. The second-order valence-electron chi connectivity index (χ2n) is 15.8. The summed E-state index contributed by atoms with van der Waals surface area (Å²) in [6.45, 7) is 4.29. The molecule has 3 aromatic heterocycles. The third-order valence-electron chi connectivity index (χ3n) is 10.6. The Morgan fingerprint density at radius 2 is 1.75 bits per heavy atom. The van der Waals surface area contributed by atoms with Crippen LogP contribution in [0.2, 0.25) is 5.02 Å². The lowest BCUT2D eigenvalue weighted by Gasteiger charge is -2.24. The second kappa shape index (κ2) is 17.8. The molecule has 7 rings (SSSR count). The van der Waals surface area contributed by atoms with E-state index in [0.29, 0.717) is 16.5 Å². The van der Waals surface area contributed by atoms with Gasteiger partial charge in [0.25, 0.3) is 12.3 Å². The van der Waals surface area contributed by atoms with E-state index in [2.05, 4.69) is 32.1 Å². The van der Waals surface area contributed by atoms with Crippen LogP contribution in [0.25, 0.3) is 22.0 Å². The number of nitrogens with one attached hydrogen (secondary N) is 2. The molecule has 21 heteroatoms. The maximum absolute atomic E-state index is 15.5. The van der Waals surface area contributed by atoms with E-state index in [9.17, 15) is 40.1 Å². The third kappa shape index (κ3) is 9.76. The van der Waals surface area contributed by atoms with Crippen molar-refractivity contribution in [2.75, 3.05) is 10.5 Å². The van der Waals surface area contributed by atoms with Crippen LogP contribution in [0.5, 0.6) is 0 Å².